The molecule has 21 heavy (non-hydrogen) atoms. The van der Waals surface area contributed by atoms with Crippen LogP contribution in [0.3, 0.4) is 0 Å². The van der Waals surface area contributed by atoms with E-state index < -0.39 is 0 Å². The van der Waals surface area contributed by atoms with Gasteiger partial charge < -0.3 is 10.2 Å². The van der Waals surface area contributed by atoms with Crippen LogP contribution in [0, 0.1) is 0 Å². The number of thiophene rings is 1. The normalized spacial score (nSPS) is 22.9. The molecule has 0 aliphatic heterocycles. The summed E-state index contributed by atoms with van der Waals surface area (Å²) in [6.07, 6.45) is 10.8. The number of hydrogen-bond acceptors (Lipinski definition) is 3. The fourth-order valence-corrected chi connectivity index (χ4v) is 5.21. The van der Waals surface area contributed by atoms with Crippen LogP contribution in [-0.4, -0.2) is 31.1 Å². The Hall–Kier alpha value is -0.0900. The zero-order chi connectivity index (χ0) is 14.7. The van der Waals surface area contributed by atoms with Gasteiger partial charge in [-0.15, -0.1) is 11.3 Å². The van der Waals surface area contributed by atoms with Crippen molar-refractivity contribution in [2.24, 2.45) is 0 Å². The number of hydrogen-bond donors (Lipinski definition) is 1. The molecule has 1 saturated carbocycles. The lowest BCUT2D eigenvalue weighted by molar-refractivity contribution is 0.189. The van der Waals surface area contributed by atoms with E-state index in [4.69, 9.17) is 11.6 Å². The molecule has 0 radical (unpaired) electrons. The first kappa shape index (κ1) is 15.8. The fourth-order valence-electron chi connectivity index (χ4n) is 3.85. The second-order valence-electron chi connectivity index (χ2n) is 6.60. The minimum atomic E-state index is 0.545. The van der Waals surface area contributed by atoms with Crippen molar-refractivity contribution in [2.45, 2.75) is 63.5 Å². The molecule has 1 N–H and O–H groups in total. The summed E-state index contributed by atoms with van der Waals surface area (Å²) in [6.45, 7) is 2.34. The van der Waals surface area contributed by atoms with Gasteiger partial charge in [-0.3, -0.25) is 0 Å². The van der Waals surface area contributed by atoms with Crippen molar-refractivity contribution >= 4 is 22.9 Å². The first-order chi connectivity index (χ1) is 10.2. The van der Waals surface area contributed by atoms with Crippen molar-refractivity contribution in [1.29, 1.82) is 0 Å². The number of rotatable bonds is 6. The third-order valence-electron chi connectivity index (χ3n) is 5.12. The molecule has 2 nitrogen and oxygen atoms in total. The van der Waals surface area contributed by atoms with Crippen LogP contribution in [0.2, 0.25) is 4.34 Å². The predicted octanol–water partition coefficient (Wildman–Crippen LogP) is 4.63. The Morgan fingerprint density at radius 1 is 1.29 bits per heavy atom. The molecule has 0 saturated heterocycles. The first-order valence-corrected chi connectivity index (χ1v) is 9.65. The molecule has 0 bridgehead atoms. The largest absolute Gasteiger partial charge is 0.310 e. The molecule has 118 valence electrons. The average Bonchev–Trinajstić information content (AvgIpc) is 3.04. The third kappa shape index (κ3) is 4.01. The van der Waals surface area contributed by atoms with Gasteiger partial charge in [-0.05, 0) is 63.9 Å². The zero-order valence-electron chi connectivity index (χ0n) is 13.0. The van der Waals surface area contributed by atoms with E-state index in [0.29, 0.717) is 6.04 Å². The topological polar surface area (TPSA) is 15.3 Å². The second-order valence-corrected chi connectivity index (χ2v) is 8.37. The van der Waals surface area contributed by atoms with Crippen LogP contribution in [0.5, 0.6) is 0 Å². The molecule has 0 aromatic carbocycles. The van der Waals surface area contributed by atoms with Crippen molar-refractivity contribution in [3.05, 3.63) is 20.8 Å². The van der Waals surface area contributed by atoms with Crippen LogP contribution >= 0.6 is 22.9 Å². The molecule has 1 aromatic heterocycles. The van der Waals surface area contributed by atoms with Gasteiger partial charge in [0.1, 0.15) is 0 Å². The summed E-state index contributed by atoms with van der Waals surface area (Å²) in [7, 11) is 2.31. The molecular formula is C17H27ClN2S. The molecule has 0 spiro atoms. The molecule has 1 heterocycles. The lowest BCUT2D eigenvalue weighted by atomic mass is 9.94. The van der Waals surface area contributed by atoms with Crippen LogP contribution in [0.15, 0.2) is 6.07 Å². The van der Waals surface area contributed by atoms with Gasteiger partial charge in [-0.2, -0.15) is 0 Å². The lowest BCUT2D eigenvalue weighted by Crippen LogP contribution is -2.35. The molecular weight excluding hydrogens is 300 g/mol. The van der Waals surface area contributed by atoms with Gasteiger partial charge in [0.15, 0.2) is 0 Å². The number of fused-ring (bicyclic) bond motifs is 1. The minimum Gasteiger partial charge on any atom is -0.310 e. The Morgan fingerprint density at radius 2 is 2.10 bits per heavy atom. The quantitative estimate of drug-likeness (QED) is 0.766. The Kier molecular flexibility index (Phi) is 5.60. The van der Waals surface area contributed by atoms with Gasteiger partial charge in [0.2, 0.25) is 0 Å². The van der Waals surface area contributed by atoms with Gasteiger partial charge in [0.25, 0.3) is 0 Å². The van der Waals surface area contributed by atoms with E-state index in [-0.39, 0.29) is 0 Å². The third-order valence-corrected chi connectivity index (χ3v) is 6.46. The van der Waals surface area contributed by atoms with Gasteiger partial charge in [-0.25, -0.2) is 0 Å². The van der Waals surface area contributed by atoms with Gasteiger partial charge >= 0.3 is 0 Å². The van der Waals surface area contributed by atoms with Crippen molar-refractivity contribution in [3.63, 3.8) is 0 Å². The van der Waals surface area contributed by atoms with E-state index in [1.54, 1.807) is 11.3 Å². The number of nitrogens with zero attached hydrogens (tertiary/aromatic N) is 1. The zero-order valence-corrected chi connectivity index (χ0v) is 14.6. The second kappa shape index (κ2) is 7.45. The average molecular weight is 327 g/mol. The predicted molar refractivity (Wildman–Crippen MR) is 92.5 cm³/mol. The number of halogens is 1. The van der Waals surface area contributed by atoms with Crippen LogP contribution in [-0.2, 0) is 6.42 Å². The lowest BCUT2D eigenvalue weighted by Gasteiger charge is -2.31. The number of nitrogens with one attached hydrogen (secondary N) is 1. The van der Waals surface area contributed by atoms with Gasteiger partial charge in [-0.1, -0.05) is 30.9 Å². The standard InChI is InChI=1S/C17H27ClN2S/c1-20(13-6-3-2-4-7-13)11-5-10-19-15-8-9-16-14(15)12-17(18)21-16/h12-13,15,19H,2-11H2,1H3. The van der Waals surface area contributed by atoms with E-state index >= 15 is 0 Å². The molecule has 4 heteroatoms. The fraction of sp³-hybridized carbons (Fsp3) is 0.765. The van der Waals surface area contributed by atoms with Crippen molar-refractivity contribution in [1.82, 2.24) is 10.2 Å². The highest BCUT2D eigenvalue weighted by Gasteiger charge is 2.24. The van der Waals surface area contributed by atoms with Gasteiger partial charge in [0, 0.05) is 17.0 Å². The molecule has 1 unspecified atom stereocenters. The SMILES string of the molecule is CN(CCCNC1CCc2sc(Cl)cc21)C1CCCCC1. The smallest absolute Gasteiger partial charge is 0.0934 e. The van der Waals surface area contributed by atoms with Crippen LogP contribution < -0.4 is 5.32 Å². The Labute approximate surface area is 137 Å². The highest BCUT2D eigenvalue weighted by Crippen LogP contribution is 2.39. The van der Waals surface area contributed by atoms with Gasteiger partial charge in [0.05, 0.1) is 4.34 Å². The maximum absolute atomic E-state index is 6.12. The van der Waals surface area contributed by atoms with E-state index in [1.165, 1.54) is 68.4 Å². The van der Waals surface area contributed by atoms with E-state index in [0.717, 1.165) is 16.9 Å². The van der Waals surface area contributed by atoms with Crippen molar-refractivity contribution in [2.75, 3.05) is 20.1 Å². The summed E-state index contributed by atoms with van der Waals surface area (Å²) < 4.78 is 0.948. The molecule has 1 aromatic rings. The van der Waals surface area contributed by atoms with Crippen molar-refractivity contribution < 1.29 is 0 Å². The minimum absolute atomic E-state index is 0.545. The van der Waals surface area contributed by atoms with Crippen LogP contribution in [0.1, 0.15) is 61.4 Å². The molecule has 1 atom stereocenters. The molecule has 0 amide bonds. The summed E-state index contributed by atoms with van der Waals surface area (Å²) >= 11 is 7.88. The molecule has 1 fully saturated rings. The van der Waals surface area contributed by atoms with E-state index in [9.17, 15) is 0 Å². The van der Waals surface area contributed by atoms with E-state index in [2.05, 4.69) is 23.3 Å². The Morgan fingerprint density at radius 3 is 2.90 bits per heavy atom. The number of aryl methyl sites for hydroxylation is 1. The molecule has 2 aliphatic carbocycles. The summed E-state index contributed by atoms with van der Waals surface area (Å²) in [5, 5.41) is 3.73. The Bertz CT molecular complexity index is 454. The van der Waals surface area contributed by atoms with E-state index in [1.807, 2.05) is 0 Å². The summed E-state index contributed by atoms with van der Waals surface area (Å²) in [5.74, 6) is 0. The summed E-state index contributed by atoms with van der Waals surface area (Å²) in [6, 6.07) is 3.55. The van der Waals surface area contributed by atoms with Crippen LogP contribution in [0.25, 0.3) is 0 Å². The van der Waals surface area contributed by atoms with Crippen LogP contribution in [0.4, 0.5) is 0 Å². The highest BCUT2D eigenvalue weighted by atomic mass is 35.5. The first-order valence-electron chi connectivity index (χ1n) is 8.46. The maximum Gasteiger partial charge on any atom is 0.0934 e. The van der Waals surface area contributed by atoms with Crippen molar-refractivity contribution in [3.8, 4) is 0 Å². The Balaban J connectivity index is 1.37. The molecule has 3 rings (SSSR count). The summed E-state index contributed by atoms with van der Waals surface area (Å²) in [4.78, 5) is 4.08. The summed E-state index contributed by atoms with van der Waals surface area (Å²) in [5.41, 5.74) is 1.46. The maximum atomic E-state index is 6.12. The highest BCUT2D eigenvalue weighted by molar-refractivity contribution is 7.16. The monoisotopic (exact) mass is 326 g/mol. The molecule has 2 aliphatic rings.